The Kier molecular flexibility index (Phi) is 5.35. The van der Waals surface area contributed by atoms with E-state index in [1.54, 1.807) is 4.90 Å². The van der Waals surface area contributed by atoms with Crippen LogP contribution in [0.1, 0.15) is 43.9 Å². The normalized spacial score (nSPS) is 14.1. The Bertz CT molecular complexity index is 386. The number of hydrogen-bond acceptors (Lipinski definition) is 2. The van der Waals surface area contributed by atoms with Gasteiger partial charge < -0.3 is 10.6 Å². The van der Waals surface area contributed by atoms with Crippen molar-refractivity contribution in [2.24, 2.45) is 5.73 Å². The van der Waals surface area contributed by atoms with Crippen LogP contribution in [0.2, 0.25) is 0 Å². The zero-order valence-corrected chi connectivity index (χ0v) is 11.8. The molecular formula is C15H24N2O. The second kappa shape index (κ2) is 6.55. The van der Waals surface area contributed by atoms with E-state index >= 15 is 0 Å². The summed E-state index contributed by atoms with van der Waals surface area (Å²) in [5.41, 5.74) is 8.21. The summed E-state index contributed by atoms with van der Waals surface area (Å²) >= 11 is 0. The average Bonchev–Trinajstić information content (AvgIpc) is 2.37. The Morgan fingerprint density at radius 1 is 1.33 bits per heavy atom. The van der Waals surface area contributed by atoms with E-state index in [4.69, 9.17) is 5.73 Å². The van der Waals surface area contributed by atoms with Crippen LogP contribution in [0.5, 0.6) is 0 Å². The van der Waals surface area contributed by atoms with Gasteiger partial charge in [-0.15, -0.1) is 0 Å². The van der Waals surface area contributed by atoms with E-state index in [2.05, 4.69) is 31.2 Å². The van der Waals surface area contributed by atoms with Crippen LogP contribution in [0.15, 0.2) is 24.3 Å². The van der Waals surface area contributed by atoms with Crippen LogP contribution < -0.4 is 5.73 Å². The molecule has 2 atom stereocenters. The molecule has 1 aromatic carbocycles. The molecule has 1 aromatic rings. The van der Waals surface area contributed by atoms with E-state index in [1.807, 2.05) is 20.9 Å². The van der Waals surface area contributed by atoms with E-state index in [0.29, 0.717) is 6.42 Å². The summed E-state index contributed by atoms with van der Waals surface area (Å²) < 4.78 is 0. The summed E-state index contributed by atoms with van der Waals surface area (Å²) in [5.74, 6) is 0.109. The Morgan fingerprint density at radius 2 is 1.89 bits per heavy atom. The molecule has 2 unspecified atom stereocenters. The van der Waals surface area contributed by atoms with Crippen LogP contribution in [0.3, 0.4) is 0 Å². The number of aryl methyl sites for hydroxylation is 1. The first-order chi connectivity index (χ1) is 8.45. The highest BCUT2D eigenvalue weighted by Crippen LogP contribution is 2.20. The van der Waals surface area contributed by atoms with Gasteiger partial charge in [0.25, 0.3) is 0 Å². The molecule has 1 amide bonds. The summed E-state index contributed by atoms with van der Waals surface area (Å²) in [7, 11) is 1.84. The lowest BCUT2D eigenvalue weighted by molar-refractivity contribution is -0.132. The predicted molar refractivity (Wildman–Crippen MR) is 75.2 cm³/mol. The van der Waals surface area contributed by atoms with Crippen LogP contribution in [0, 0.1) is 6.92 Å². The fraction of sp³-hybridized carbons (Fsp3) is 0.533. The molecule has 1 rings (SSSR count). The molecule has 0 saturated carbocycles. The van der Waals surface area contributed by atoms with E-state index in [9.17, 15) is 4.79 Å². The SMILES string of the molecule is CCC(N)CC(=O)N(C)C(C)c1ccc(C)cc1. The maximum Gasteiger partial charge on any atom is 0.224 e. The van der Waals surface area contributed by atoms with Crippen LogP contribution in [0.4, 0.5) is 0 Å². The minimum absolute atomic E-state index is 0.0369. The number of carbonyl (C=O) groups excluding carboxylic acids is 1. The Hall–Kier alpha value is -1.35. The molecule has 0 aliphatic heterocycles. The van der Waals surface area contributed by atoms with Crippen molar-refractivity contribution in [1.82, 2.24) is 4.90 Å². The monoisotopic (exact) mass is 248 g/mol. The minimum Gasteiger partial charge on any atom is -0.339 e. The van der Waals surface area contributed by atoms with Gasteiger partial charge in [-0.2, -0.15) is 0 Å². The van der Waals surface area contributed by atoms with Gasteiger partial charge in [0.05, 0.1) is 6.04 Å². The number of hydrogen-bond donors (Lipinski definition) is 1. The summed E-state index contributed by atoms with van der Waals surface area (Å²) in [6.07, 6.45) is 1.25. The van der Waals surface area contributed by atoms with Gasteiger partial charge in [0.1, 0.15) is 0 Å². The van der Waals surface area contributed by atoms with Gasteiger partial charge >= 0.3 is 0 Å². The second-order valence-electron chi connectivity index (χ2n) is 4.96. The Morgan fingerprint density at radius 3 is 2.39 bits per heavy atom. The molecule has 0 aliphatic rings. The molecule has 3 heteroatoms. The smallest absolute Gasteiger partial charge is 0.224 e. The first-order valence-corrected chi connectivity index (χ1v) is 6.53. The minimum atomic E-state index is -0.0369. The van der Waals surface area contributed by atoms with Crippen LogP contribution in [0.25, 0.3) is 0 Å². The summed E-state index contributed by atoms with van der Waals surface area (Å²) in [6.45, 7) is 6.10. The molecule has 3 nitrogen and oxygen atoms in total. The van der Waals surface area contributed by atoms with Gasteiger partial charge in [-0.3, -0.25) is 4.79 Å². The molecule has 18 heavy (non-hydrogen) atoms. The third kappa shape index (κ3) is 3.84. The average molecular weight is 248 g/mol. The van der Waals surface area contributed by atoms with Crippen molar-refractivity contribution < 1.29 is 4.79 Å². The molecule has 0 fully saturated rings. The van der Waals surface area contributed by atoms with Crippen LogP contribution >= 0.6 is 0 Å². The molecule has 0 heterocycles. The van der Waals surface area contributed by atoms with E-state index < -0.39 is 0 Å². The highest BCUT2D eigenvalue weighted by atomic mass is 16.2. The molecule has 0 radical (unpaired) electrons. The maximum absolute atomic E-state index is 12.0. The predicted octanol–water partition coefficient (Wildman–Crippen LogP) is 2.64. The number of benzene rings is 1. The van der Waals surface area contributed by atoms with E-state index in [0.717, 1.165) is 12.0 Å². The van der Waals surface area contributed by atoms with Crippen LogP contribution in [-0.2, 0) is 4.79 Å². The van der Waals surface area contributed by atoms with Gasteiger partial charge in [-0.25, -0.2) is 0 Å². The summed E-state index contributed by atoms with van der Waals surface area (Å²) in [4.78, 5) is 13.8. The first-order valence-electron chi connectivity index (χ1n) is 6.53. The lowest BCUT2D eigenvalue weighted by atomic mass is 10.0. The van der Waals surface area contributed by atoms with Crippen molar-refractivity contribution >= 4 is 5.91 Å². The van der Waals surface area contributed by atoms with Gasteiger partial charge in [-0.05, 0) is 25.8 Å². The lowest BCUT2D eigenvalue weighted by Crippen LogP contribution is -2.34. The zero-order valence-electron chi connectivity index (χ0n) is 11.8. The molecule has 0 saturated heterocycles. The van der Waals surface area contributed by atoms with Crippen molar-refractivity contribution in [2.45, 2.75) is 45.7 Å². The molecule has 100 valence electrons. The molecule has 0 spiro atoms. The standard InChI is InChI=1S/C15H24N2O/c1-5-14(16)10-15(18)17(4)12(3)13-8-6-11(2)7-9-13/h6-9,12,14H,5,10,16H2,1-4H3. The molecule has 0 aliphatic carbocycles. The topological polar surface area (TPSA) is 46.3 Å². The quantitative estimate of drug-likeness (QED) is 0.870. The Labute approximate surface area is 110 Å². The highest BCUT2D eigenvalue weighted by Gasteiger charge is 2.18. The van der Waals surface area contributed by atoms with Gasteiger partial charge in [0.2, 0.25) is 5.91 Å². The molecular weight excluding hydrogens is 224 g/mol. The number of carbonyl (C=O) groups is 1. The molecule has 2 N–H and O–H groups in total. The number of nitrogens with two attached hydrogens (primary N) is 1. The van der Waals surface area contributed by atoms with Crippen molar-refractivity contribution in [3.63, 3.8) is 0 Å². The van der Waals surface area contributed by atoms with Crippen molar-refractivity contribution in [2.75, 3.05) is 7.05 Å². The summed E-state index contributed by atoms with van der Waals surface area (Å²) in [5, 5.41) is 0. The zero-order chi connectivity index (χ0) is 13.7. The third-order valence-electron chi connectivity index (χ3n) is 3.50. The molecule has 0 aromatic heterocycles. The van der Waals surface area contributed by atoms with Crippen molar-refractivity contribution in [3.05, 3.63) is 35.4 Å². The second-order valence-corrected chi connectivity index (χ2v) is 4.96. The third-order valence-corrected chi connectivity index (χ3v) is 3.50. The fourth-order valence-electron chi connectivity index (χ4n) is 1.80. The van der Waals surface area contributed by atoms with Gasteiger partial charge in [-0.1, -0.05) is 36.8 Å². The van der Waals surface area contributed by atoms with Crippen molar-refractivity contribution in [1.29, 1.82) is 0 Å². The largest absolute Gasteiger partial charge is 0.339 e. The number of amides is 1. The number of nitrogens with zero attached hydrogens (tertiary/aromatic N) is 1. The maximum atomic E-state index is 12.0. The first kappa shape index (κ1) is 14.7. The highest BCUT2D eigenvalue weighted by molar-refractivity contribution is 5.77. The van der Waals surface area contributed by atoms with E-state index in [1.165, 1.54) is 5.56 Å². The number of rotatable bonds is 5. The Balaban J connectivity index is 2.68. The van der Waals surface area contributed by atoms with Crippen molar-refractivity contribution in [3.8, 4) is 0 Å². The van der Waals surface area contributed by atoms with E-state index in [-0.39, 0.29) is 18.0 Å². The van der Waals surface area contributed by atoms with Gasteiger partial charge in [0.15, 0.2) is 0 Å². The van der Waals surface area contributed by atoms with Gasteiger partial charge in [0, 0.05) is 19.5 Å². The molecule has 0 bridgehead atoms. The fourth-order valence-corrected chi connectivity index (χ4v) is 1.80. The summed E-state index contributed by atoms with van der Waals surface area (Å²) in [6, 6.07) is 8.34. The van der Waals surface area contributed by atoms with Crippen LogP contribution in [-0.4, -0.2) is 23.9 Å². The lowest BCUT2D eigenvalue weighted by Gasteiger charge is -2.26.